The summed E-state index contributed by atoms with van der Waals surface area (Å²) in [4.78, 5) is 2.53. The molecule has 3 rings (SSSR count). The van der Waals surface area contributed by atoms with Gasteiger partial charge in [-0.2, -0.15) is 0 Å². The zero-order valence-corrected chi connectivity index (χ0v) is 13.0. The molecule has 1 aromatic rings. The number of benzene rings is 1. The van der Waals surface area contributed by atoms with E-state index in [0.29, 0.717) is 18.1 Å². The van der Waals surface area contributed by atoms with E-state index in [9.17, 15) is 5.11 Å². The first-order valence-corrected chi connectivity index (χ1v) is 8.49. The summed E-state index contributed by atoms with van der Waals surface area (Å²) in [7, 11) is 0. The van der Waals surface area contributed by atoms with Crippen LogP contribution in [0.15, 0.2) is 30.3 Å². The van der Waals surface area contributed by atoms with Gasteiger partial charge in [-0.3, -0.25) is 4.90 Å². The number of aliphatic hydroxyl groups is 1. The molecular weight excluding hydrogens is 260 g/mol. The predicted octanol–water partition coefficient (Wildman–Crippen LogP) is 2.72. The maximum atomic E-state index is 10.5. The lowest BCUT2D eigenvalue weighted by atomic mass is 9.97. The molecular formula is C18H28N2O. The quantitative estimate of drug-likeness (QED) is 0.845. The number of fused-ring (bicyclic) bond motifs is 2. The zero-order chi connectivity index (χ0) is 14.7. The average molecular weight is 288 g/mol. The Labute approximate surface area is 128 Å². The third-order valence-electron chi connectivity index (χ3n) is 5.07. The van der Waals surface area contributed by atoms with Crippen LogP contribution in [0.5, 0.6) is 0 Å². The lowest BCUT2D eigenvalue weighted by Gasteiger charge is -2.38. The van der Waals surface area contributed by atoms with Gasteiger partial charge in [0.05, 0.1) is 6.10 Å². The van der Waals surface area contributed by atoms with Gasteiger partial charge in [-0.1, -0.05) is 37.3 Å². The fourth-order valence-electron chi connectivity index (χ4n) is 4.04. The van der Waals surface area contributed by atoms with Gasteiger partial charge in [0.2, 0.25) is 0 Å². The minimum atomic E-state index is -0.370. The molecule has 2 heterocycles. The molecule has 0 spiro atoms. The van der Waals surface area contributed by atoms with Gasteiger partial charge in [-0.25, -0.2) is 0 Å². The highest BCUT2D eigenvalue weighted by atomic mass is 16.3. The largest absolute Gasteiger partial charge is 0.387 e. The van der Waals surface area contributed by atoms with Crippen molar-refractivity contribution in [2.75, 3.05) is 13.1 Å². The van der Waals surface area contributed by atoms with Gasteiger partial charge < -0.3 is 10.4 Å². The third kappa shape index (κ3) is 3.65. The molecule has 0 radical (unpaired) electrons. The summed E-state index contributed by atoms with van der Waals surface area (Å²) in [5, 5.41) is 14.3. The first kappa shape index (κ1) is 15.0. The van der Waals surface area contributed by atoms with Gasteiger partial charge in [0.25, 0.3) is 0 Å². The number of nitrogens with one attached hydrogen (secondary N) is 1. The molecule has 3 unspecified atom stereocenters. The number of hydrogen-bond donors (Lipinski definition) is 2. The second-order valence-corrected chi connectivity index (χ2v) is 6.68. The monoisotopic (exact) mass is 288 g/mol. The van der Waals surface area contributed by atoms with Crippen molar-refractivity contribution in [2.45, 2.75) is 63.3 Å². The second-order valence-electron chi connectivity index (χ2n) is 6.68. The molecule has 2 aliphatic heterocycles. The smallest absolute Gasteiger partial charge is 0.0917 e. The van der Waals surface area contributed by atoms with Crippen molar-refractivity contribution >= 4 is 0 Å². The van der Waals surface area contributed by atoms with Crippen LogP contribution in [0, 0.1) is 0 Å². The summed E-state index contributed by atoms with van der Waals surface area (Å²) in [6.07, 6.45) is 5.95. The van der Waals surface area contributed by atoms with E-state index in [-0.39, 0.29) is 6.10 Å². The van der Waals surface area contributed by atoms with Crippen LogP contribution in [0.3, 0.4) is 0 Å². The van der Waals surface area contributed by atoms with Gasteiger partial charge in [0.15, 0.2) is 0 Å². The maximum absolute atomic E-state index is 10.5. The van der Waals surface area contributed by atoms with E-state index >= 15 is 0 Å². The summed E-state index contributed by atoms with van der Waals surface area (Å²) in [6, 6.07) is 12.1. The van der Waals surface area contributed by atoms with Crippen LogP contribution in [0.4, 0.5) is 0 Å². The lowest BCUT2D eigenvalue weighted by molar-refractivity contribution is 0.0675. The van der Waals surface area contributed by atoms with Crippen molar-refractivity contribution in [3.05, 3.63) is 35.9 Å². The Morgan fingerprint density at radius 1 is 1.19 bits per heavy atom. The van der Waals surface area contributed by atoms with Crippen LogP contribution in [-0.2, 0) is 0 Å². The van der Waals surface area contributed by atoms with Crippen molar-refractivity contribution in [1.29, 1.82) is 0 Å². The average Bonchev–Trinajstić information content (AvgIpc) is 2.86. The molecule has 0 aliphatic carbocycles. The molecule has 3 nitrogen and oxygen atoms in total. The molecule has 2 saturated heterocycles. The number of rotatable bonds is 6. The van der Waals surface area contributed by atoms with Crippen LogP contribution in [-0.4, -0.2) is 41.2 Å². The predicted molar refractivity (Wildman–Crippen MR) is 86.2 cm³/mol. The highest BCUT2D eigenvalue weighted by molar-refractivity contribution is 5.17. The molecule has 3 heteroatoms. The van der Waals surface area contributed by atoms with Crippen molar-refractivity contribution in [3.8, 4) is 0 Å². The van der Waals surface area contributed by atoms with Crippen molar-refractivity contribution in [1.82, 2.24) is 10.2 Å². The number of hydrogen-bond acceptors (Lipinski definition) is 3. The van der Waals surface area contributed by atoms with Crippen LogP contribution in [0.25, 0.3) is 0 Å². The van der Waals surface area contributed by atoms with Gasteiger partial charge in [0.1, 0.15) is 0 Å². The Hall–Kier alpha value is -0.900. The standard InChI is InChI=1S/C18H28N2O/c1-2-10-20(13-18(21)14-6-4-3-5-7-14)17-11-15-8-9-16(12-17)19-15/h3-7,15-19,21H,2,8-13H2,1H3. The van der Waals surface area contributed by atoms with Gasteiger partial charge in [0, 0.05) is 24.7 Å². The van der Waals surface area contributed by atoms with Crippen LogP contribution in [0.2, 0.25) is 0 Å². The molecule has 0 amide bonds. The Bertz CT molecular complexity index is 424. The third-order valence-corrected chi connectivity index (χ3v) is 5.07. The Morgan fingerprint density at radius 3 is 2.48 bits per heavy atom. The Balaban J connectivity index is 1.64. The number of aliphatic hydroxyl groups excluding tert-OH is 1. The molecule has 2 fully saturated rings. The first-order valence-electron chi connectivity index (χ1n) is 8.49. The van der Waals surface area contributed by atoms with E-state index in [0.717, 1.165) is 25.1 Å². The summed E-state index contributed by atoms with van der Waals surface area (Å²) in [5.74, 6) is 0. The van der Waals surface area contributed by atoms with E-state index in [2.05, 4.69) is 17.1 Å². The molecule has 1 aromatic carbocycles. The van der Waals surface area contributed by atoms with Crippen LogP contribution in [0.1, 0.15) is 50.7 Å². The van der Waals surface area contributed by atoms with E-state index < -0.39 is 0 Å². The topological polar surface area (TPSA) is 35.5 Å². The molecule has 0 aromatic heterocycles. The molecule has 0 saturated carbocycles. The first-order chi connectivity index (χ1) is 10.3. The minimum Gasteiger partial charge on any atom is -0.387 e. The Kier molecular flexibility index (Phi) is 4.94. The highest BCUT2D eigenvalue weighted by Crippen LogP contribution is 2.30. The fourth-order valence-corrected chi connectivity index (χ4v) is 4.04. The van der Waals surface area contributed by atoms with Crippen molar-refractivity contribution in [3.63, 3.8) is 0 Å². The van der Waals surface area contributed by atoms with Gasteiger partial charge in [-0.05, 0) is 44.2 Å². The molecule has 2 bridgehead atoms. The number of piperidine rings is 1. The molecule has 116 valence electrons. The summed E-state index contributed by atoms with van der Waals surface area (Å²) >= 11 is 0. The zero-order valence-electron chi connectivity index (χ0n) is 13.0. The minimum absolute atomic E-state index is 0.370. The summed E-state index contributed by atoms with van der Waals surface area (Å²) in [6.45, 7) is 4.09. The van der Waals surface area contributed by atoms with Crippen LogP contribution < -0.4 is 5.32 Å². The highest BCUT2D eigenvalue weighted by Gasteiger charge is 2.36. The fraction of sp³-hybridized carbons (Fsp3) is 0.667. The Morgan fingerprint density at radius 2 is 1.86 bits per heavy atom. The lowest BCUT2D eigenvalue weighted by Crippen LogP contribution is -2.49. The van der Waals surface area contributed by atoms with E-state index in [1.165, 1.54) is 25.7 Å². The van der Waals surface area contributed by atoms with Crippen molar-refractivity contribution in [2.24, 2.45) is 0 Å². The second kappa shape index (κ2) is 6.91. The van der Waals surface area contributed by atoms with Crippen molar-refractivity contribution < 1.29 is 5.11 Å². The summed E-state index contributed by atoms with van der Waals surface area (Å²) < 4.78 is 0. The molecule has 2 aliphatic rings. The van der Waals surface area contributed by atoms with Gasteiger partial charge in [-0.15, -0.1) is 0 Å². The SMILES string of the molecule is CCCN(CC(O)c1ccccc1)C1CC2CCC(C1)N2. The van der Waals surface area contributed by atoms with E-state index in [1.807, 2.05) is 30.3 Å². The number of nitrogens with zero attached hydrogens (tertiary/aromatic N) is 1. The molecule has 21 heavy (non-hydrogen) atoms. The molecule has 2 N–H and O–H groups in total. The normalized spacial score (nSPS) is 29.8. The van der Waals surface area contributed by atoms with E-state index in [4.69, 9.17) is 0 Å². The van der Waals surface area contributed by atoms with Crippen LogP contribution >= 0.6 is 0 Å². The maximum Gasteiger partial charge on any atom is 0.0917 e. The summed E-state index contributed by atoms with van der Waals surface area (Å²) in [5.41, 5.74) is 1.04. The van der Waals surface area contributed by atoms with E-state index in [1.54, 1.807) is 0 Å². The van der Waals surface area contributed by atoms with Gasteiger partial charge >= 0.3 is 0 Å². The molecule has 3 atom stereocenters.